The minimum atomic E-state index is 0. The van der Waals surface area contributed by atoms with E-state index in [1.807, 2.05) is 28.8 Å². The first-order valence-electron chi connectivity index (χ1n) is 7.87. The lowest BCUT2D eigenvalue weighted by molar-refractivity contribution is 0.518. The van der Waals surface area contributed by atoms with Crippen molar-refractivity contribution in [1.29, 1.82) is 0 Å². The van der Waals surface area contributed by atoms with Gasteiger partial charge in [0.05, 0.1) is 6.54 Å². The summed E-state index contributed by atoms with van der Waals surface area (Å²) in [4.78, 5) is 5.65. The van der Waals surface area contributed by atoms with Crippen LogP contribution in [-0.4, -0.2) is 34.2 Å². The maximum atomic E-state index is 4.29. The molecule has 0 atom stereocenters. The summed E-state index contributed by atoms with van der Waals surface area (Å²) < 4.78 is 1.97. The lowest BCUT2D eigenvalue weighted by atomic mass is 9.91. The van der Waals surface area contributed by atoms with Crippen molar-refractivity contribution >= 4 is 46.9 Å². The van der Waals surface area contributed by atoms with Crippen molar-refractivity contribution in [2.45, 2.75) is 25.8 Å². The molecule has 0 bridgehead atoms. The molecule has 0 aromatic carbocycles. The van der Waals surface area contributed by atoms with E-state index in [0.29, 0.717) is 6.54 Å². The van der Waals surface area contributed by atoms with Gasteiger partial charge in [-0.2, -0.15) is 0 Å². The molecule has 25 heavy (non-hydrogen) atoms. The molecule has 0 fully saturated rings. The van der Waals surface area contributed by atoms with Gasteiger partial charge in [-0.25, -0.2) is 0 Å². The number of thiophene rings is 1. The van der Waals surface area contributed by atoms with Crippen LogP contribution in [-0.2, 0) is 12.0 Å². The van der Waals surface area contributed by atoms with Gasteiger partial charge in [-0.3, -0.25) is 9.39 Å². The number of rotatable bonds is 5. The van der Waals surface area contributed by atoms with Gasteiger partial charge in [0.25, 0.3) is 0 Å². The molecule has 3 aromatic rings. The largest absolute Gasteiger partial charge is 0.356 e. The summed E-state index contributed by atoms with van der Waals surface area (Å²) in [5.74, 6) is 1.61. The van der Waals surface area contributed by atoms with Crippen molar-refractivity contribution in [3.63, 3.8) is 0 Å². The molecule has 8 heteroatoms. The van der Waals surface area contributed by atoms with Crippen molar-refractivity contribution < 1.29 is 0 Å². The molecular weight excluding hydrogens is 447 g/mol. The number of fused-ring (bicyclic) bond motifs is 1. The molecule has 0 saturated heterocycles. The zero-order chi connectivity index (χ0) is 17.0. The Kier molecular flexibility index (Phi) is 6.77. The lowest BCUT2D eigenvalue weighted by Gasteiger charge is -2.25. The fourth-order valence-electron chi connectivity index (χ4n) is 2.45. The molecule has 0 spiro atoms. The molecule has 0 radical (unpaired) electrons. The third-order valence-electron chi connectivity index (χ3n) is 3.91. The number of aliphatic imine (C=N–C) groups is 1. The maximum Gasteiger partial charge on any atom is 0.191 e. The van der Waals surface area contributed by atoms with E-state index in [-0.39, 0.29) is 29.4 Å². The van der Waals surface area contributed by atoms with E-state index < -0.39 is 0 Å². The maximum absolute atomic E-state index is 4.29. The van der Waals surface area contributed by atoms with Crippen LogP contribution in [0, 0.1) is 0 Å². The van der Waals surface area contributed by atoms with Crippen LogP contribution in [0.2, 0.25) is 0 Å². The van der Waals surface area contributed by atoms with Crippen molar-refractivity contribution in [3.8, 4) is 0 Å². The predicted molar refractivity (Wildman–Crippen MR) is 114 cm³/mol. The quantitative estimate of drug-likeness (QED) is 0.342. The molecule has 0 saturated carbocycles. The Labute approximate surface area is 168 Å². The average molecular weight is 470 g/mol. The van der Waals surface area contributed by atoms with Gasteiger partial charge in [0, 0.05) is 30.1 Å². The SMILES string of the molecule is CN=C(NCc1nnc2ccccn12)NCC(C)(C)c1cccs1.I. The molecule has 0 aliphatic rings. The molecule has 0 aliphatic carbocycles. The van der Waals surface area contributed by atoms with E-state index in [1.54, 1.807) is 18.4 Å². The smallest absolute Gasteiger partial charge is 0.191 e. The summed E-state index contributed by atoms with van der Waals surface area (Å²) in [5, 5.41) is 17.2. The minimum absolute atomic E-state index is 0. The Balaban J connectivity index is 0.00000225. The average Bonchev–Trinajstić information content (AvgIpc) is 3.25. The van der Waals surface area contributed by atoms with Crippen LogP contribution in [0.3, 0.4) is 0 Å². The van der Waals surface area contributed by atoms with Crippen LogP contribution in [0.25, 0.3) is 5.65 Å². The van der Waals surface area contributed by atoms with E-state index in [9.17, 15) is 0 Å². The molecule has 134 valence electrons. The zero-order valence-corrected chi connectivity index (χ0v) is 17.7. The number of hydrogen-bond donors (Lipinski definition) is 2. The Bertz CT molecular complexity index is 825. The molecule has 3 aromatic heterocycles. The first-order chi connectivity index (χ1) is 11.6. The van der Waals surface area contributed by atoms with Gasteiger partial charge in [-0.15, -0.1) is 45.5 Å². The molecule has 3 rings (SSSR count). The minimum Gasteiger partial charge on any atom is -0.356 e. The Morgan fingerprint density at radius 2 is 2.04 bits per heavy atom. The first-order valence-corrected chi connectivity index (χ1v) is 8.75. The second-order valence-corrected chi connectivity index (χ2v) is 7.13. The van der Waals surface area contributed by atoms with Crippen LogP contribution in [0.15, 0.2) is 46.9 Å². The highest BCUT2D eigenvalue weighted by Gasteiger charge is 2.22. The molecule has 0 amide bonds. The number of halogens is 1. The first kappa shape index (κ1) is 19.6. The van der Waals surface area contributed by atoms with Gasteiger partial charge < -0.3 is 10.6 Å². The van der Waals surface area contributed by atoms with E-state index in [2.05, 4.69) is 57.2 Å². The molecule has 2 N–H and O–H groups in total. The fourth-order valence-corrected chi connectivity index (χ4v) is 3.30. The number of nitrogens with zero attached hydrogens (tertiary/aromatic N) is 4. The van der Waals surface area contributed by atoms with Crippen molar-refractivity contribution in [3.05, 3.63) is 52.6 Å². The van der Waals surface area contributed by atoms with Gasteiger partial charge >= 0.3 is 0 Å². The van der Waals surface area contributed by atoms with E-state index in [4.69, 9.17) is 0 Å². The highest BCUT2D eigenvalue weighted by Crippen LogP contribution is 2.26. The topological polar surface area (TPSA) is 66.6 Å². The van der Waals surface area contributed by atoms with Gasteiger partial charge in [-0.05, 0) is 23.6 Å². The standard InChI is InChI=1S/C17H22N6S.HI/c1-17(2,13-7-6-10-24-13)12-20-16(18-3)19-11-15-22-21-14-8-4-5-9-23(14)15;/h4-10H,11-12H2,1-3H3,(H2,18,19,20);1H. The monoisotopic (exact) mass is 470 g/mol. The van der Waals surface area contributed by atoms with Crippen LogP contribution in [0.1, 0.15) is 24.5 Å². The third-order valence-corrected chi connectivity index (χ3v) is 5.14. The summed E-state index contributed by atoms with van der Waals surface area (Å²) in [6, 6.07) is 10.1. The van der Waals surface area contributed by atoms with Gasteiger partial charge in [-0.1, -0.05) is 26.0 Å². The van der Waals surface area contributed by atoms with Crippen LogP contribution < -0.4 is 10.6 Å². The zero-order valence-electron chi connectivity index (χ0n) is 14.6. The van der Waals surface area contributed by atoms with Crippen LogP contribution in [0.4, 0.5) is 0 Å². The molecule has 0 unspecified atom stereocenters. The van der Waals surface area contributed by atoms with E-state index in [1.165, 1.54) is 4.88 Å². The number of guanidine groups is 1. The number of aromatic nitrogens is 3. The second kappa shape index (κ2) is 8.61. The number of nitrogens with one attached hydrogen (secondary N) is 2. The fraction of sp³-hybridized carbons (Fsp3) is 0.353. The highest BCUT2D eigenvalue weighted by molar-refractivity contribution is 14.0. The highest BCUT2D eigenvalue weighted by atomic mass is 127. The molecule has 6 nitrogen and oxygen atoms in total. The Morgan fingerprint density at radius 3 is 2.76 bits per heavy atom. The second-order valence-electron chi connectivity index (χ2n) is 6.19. The summed E-state index contributed by atoms with van der Waals surface area (Å²) in [6.45, 7) is 5.81. The summed E-state index contributed by atoms with van der Waals surface area (Å²) >= 11 is 1.78. The predicted octanol–water partition coefficient (Wildman–Crippen LogP) is 3.05. The summed E-state index contributed by atoms with van der Waals surface area (Å²) in [6.07, 6.45) is 1.96. The van der Waals surface area contributed by atoms with E-state index in [0.717, 1.165) is 24.0 Å². The lowest BCUT2D eigenvalue weighted by Crippen LogP contribution is -2.43. The van der Waals surface area contributed by atoms with Crippen molar-refractivity contribution in [2.24, 2.45) is 4.99 Å². The third kappa shape index (κ3) is 4.69. The van der Waals surface area contributed by atoms with Crippen LogP contribution >= 0.6 is 35.3 Å². The molecule has 0 aliphatic heterocycles. The van der Waals surface area contributed by atoms with Crippen LogP contribution in [0.5, 0.6) is 0 Å². The summed E-state index contributed by atoms with van der Waals surface area (Å²) in [5.41, 5.74) is 0.893. The summed E-state index contributed by atoms with van der Waals surface area (Å²) in [7, 11) is 1.77. The van der Waals surface area contributed by atoms with Gasteiger partial charge in [0.1, 0.15) is 0 Å². The molecular formula is C17H23IN6S. The van der Waals surface area contributed by atoms with Gasteiger partial charge in [0.15, 0.2) is 17.4 Å². The van der Waals surface area contributed by atoms with Crippen molar-refractivity contribution in [2.75, 3.05) is 13.6 Å². The van der Waals surface area contributed by atoms with Crippen molar-refractivity contribution in [1.82, 2.24) is 25.2 Å². The number of hydrogen-bond acceptors (Lipinski definition) is 4. The Hall–Kier alpha value is -1.68. The van der Waals surface area contributed by atoms with E-state index >= 15 is 0 Å². The Morgan fingerprint density at radius 1 is 1.20 bits per heavy atom. The normalized spacial score (nSPS) is 12.0. The number of pyridine rings is 1. The molecule has 3 heterocycles. The van der Waals surface area contributed by atoms with Gasteiger partial charge in [0.2, 0.25) is 0 Å².